The van der Waals surface area contributed by atoms with E-state index in [2.05, 4.69) is 31.3 Å². The van der Waals surface area contributed by atoms with Crippen molar-refractivity contribution in [2.45, 2.75) is 195 Å². The molecule has 0 bridgehead atoms. The minimum absolute atomic E-state index is 0.00828. The smallest absolute Gasteiger partial charge is 0.408 e. The number of hydrogen-bond donors (Lipinski definition) is 6. The third-order valence-corrected chi connectivity index (χ3v) is 16.2. The maximum atomic E-state index is 14.1. The highest BCUT2D eigenvalue weighted by atomic mass is 32.1. The van der Waals surface area contributed by atoms with Gasteiger partial charge >= 0.3 is 12.1 Å². The summed E-state index contributed by atoms with van der Waals surface area (Å²) < 4.78 is 9.69. The van der Waals surface area contributed by atoms with Gasteiger partial charge in [-0.2, -0.15) is 22.7 Å². The average molecular weight is 1300 g/mol. The van der Waals surface area contributed by atoms with E-state index in [0.29, 0.717) is 41.3 Å². The first-order valence-electron chi connectivity index (χ1n) is 30.4. The van der Waals surface area contributed by atoms with Crippen molar-refractivity contribution in [1.82, 2.24) is 26.6 Å². The van der Waals surface area contributed by atoms with Crippen molar-refractivity contribution in [3.63, 3.8) is 0 Å². The molecule has 6 heterocycles. The van der Waals surface area contributed by atoms with E-state index in [1.807, 2.05) is 73.5 Å². The van der Waals surface area contributed by atoms with Gasteiger partial charge in [0.1, 0.15) is 35.3 Å². The second kappa shape index (κ2) is 30.6. The molecular weight excluding hydrogens is 1210 g/mol. The van der Waals surface area contributed by atoms with Gasteiger partial charge in [-0.3, -0.25) is 52.7 Å². The molecule has 4 aliphatic rings. The summed E-state index contributed by atoms with van der Waals surface area (Å²) in [7, 11) is 0. The largest absolute Gasteiger partial charge is 0.466 e. The fourth-order valence-electron chi connectivity index (χ4n) is 10.5. The number of imide groups is 2. The first-order valence-corrected chi connectivity index (χ1v) is 32.2. The Balaban J connectivity index is 0.000000268. The molecule has 2 unspecified atom stereocenters. The van der Waals surface area contributed by atoms with Crippen LogP contribution in [0, 0.1) is 11.8 Å². The van der Waals surface area contributed by atoms with Gasteiger partial charge in [0.25, 0.3) is 0 Å². The molecule has 0 aliphatic carbocycles. The van der Waals surface area contributed by atoms with E-state index >= 15 is 0 Å². The van der Waals surface area contributed by atoms with Crippen molar-refractivity contribution >= 4 is 117 Å². The molecule has 0 spiro atoms. The second-order valence-corrected chi connectivity index (χ2v) is 27.2. The van der Waals surface area contributed by atoms with Crippen LogP contribution in [0.25, 0.3) is 0 Å². The van der Waals surface area contributed by atoms with E-state index in [0.717, 1.165) is 26.5 Å². The number of benzene rings is 2. The van der Waals surface area contributed by atoms with E-state index in [-0.39, 0.29) is 105 Å². The molecule has 492 valence electrons. The number of alkyl carbamates (subject to hydrolysis) is 1. The minimum Gasteiger partial charge on any atom is -0.466 e. The second-order valence-electron chi connectivity index (χ2n) is 25.7. The number of thiophene rings is 2. The van der Waals surface area contributed by atoms with Crippen LogP contribution >= 0.6 is 22.7 Å². The van der Waals surface area contributed by atoms with Crippen LogP contribution in [0.1, 0.15) is 151 Å². The van der Waals surface area contributed by atoms with Crippen molar-refractivity contribution in [3.05, 3.63) is 92.3 Å². The molecule has 2 saturated heterocycles. The van der Waals surface area contributed by atoms with E-state index in [1.165, 1.54) is 48.3 Å². The average Bonchev–Trinajstić information content (AvgIpc) is 1.26. The number of hydrogen-bond acceptors (Lipinski definition) is 17. The normalized spacial score (nSPS) is 17.3. The van der Waals surface area contributed by atoms with Gasteiger partial charge in [0.05, 0.1) is 48.0 Å². The first kappa shape index (κ1) is 71.7. The lowest BCUT2D eigenvalue weighted by Crippen LogP contribution is -2.61. The fourth-order valence-corrected chi connectivity index (χ4v) is 11.8. The zero-order valence-electron chi connectivity index (χ0n) is 54.1. The van der Waals surface area contributed by atoms with Crippen LogP contribution in [0.15, 0.2) is 70.1 Å². The van der Waals surface area contributed by atoms with Crippen molar-refractivity contribution in [2.24, 2.45) is 17.6 Å². The molecule has 4 atom stereocenters. The predicted molar refractivity (Wildman–Crippen MR) is 345 cm³/mol. The number of amides is 11. The number of rotatable bonds is 20. The minimum atomic E-state index is -1.41. The number of fused-ring (bicyclic) bond motifs is 2. The predicted octanol–water partition coefficient (Wildman–Crippen LogP) is 6.62. The van der Waals surface area contributed by atoms with E-state index in [1.54, 1.807) is 70.7 Å². The number of anilines is 4. The van der Waals surface area contributed by atoms with E-state index in [4.69, 9.17) is 10.5 Å². The van der Waals surface area contributed by atoms with Gasteiger partial charge in [0.15, 0.2) is 0 Å². The Hall–Kier alpha value is -8.36. The maximum absolute atomic E-state index is 14.1. The molecule has 4 aliphatic heterocycles. The summed E-state index contributed by atoms with van der Waals surface area (Å²) in [6.07, 6.45) is 0.634. The molecule has 0 radical (unpaired) electrons. The molecule has 2 aromatic heterocycles. The van der Waals surface area contributed by atoms with Crippen LogP contribution in [0.5, 0.6) is 0 Å². The molecule has 91 heavy (non-hydrogen) atoms. The third-order valence-electron chi connectivity index (χ3n) is 14.7. The summed E-state index contributed by atoms with van der Waals surface area (Å²) >= 11 is 2.97. The Morgan fingerprint density at radius 1 is 0.604 bits per heavy atom. The summed E-state index contributed by atoms with van der Waals surface area (Å²) in [6, 6.07) is 10.5. The Morgan fingerprint density at radius 2 is 1.00 bits per heavy atom. The van der Waals surface area contributed by atoms with Gasteiger partial charge in [-0.05, 0) is 148 Å². The van der Waals surface area contributed by atoms with Crippen LogP contribution in [-0.4, -0.2) is 119 Å². The maximum Gasteiger partial charge on any atom is 0.408 e. The van der Waals surface area contributed by atoms with Crippen LogP contribution in [-0.2, 0) is 88.1 Å². The fraction of sp³-hybridized carbons (Fsp3) is 0.508. The summed E-state index contributed by atoms with van der Waals surface area (Å²) in [5.41, 5.74) is 7.44. The number of nitrogens with zero attached hydrogens (tertiary/aromatic N) is 4. The molecular formula is C65H86N10O14S2. The lowest BCUT2D eigenvalue weighted by atomic mass is 9.94. The first-order chi connectivity index (χ1) is 42.6. The summed E-state index contributed by atoms with van der Waals surface area (Å²) in [5.74, 6) is -4.21. The van der Waals surface area contributed by atoms with Crippen LogP contribution in [0.3, 0.4) is 0 Å². The van der Waals surface area contributed by atoms with Gasteiger partial charge in [0, 0.05) is 45.4 Å². The van der Waals surface area contributed by atoms with Crippen molar-refractivity contribution in [2.75, 3.05) is 26.2 Å². The van der Waals surface area contributed by atoms with Crippen molar-refractivity contribution < 1.29 is 67.0 Å². The number of nitrogens with two attached hydrogens (primary N) is 1. The zero-order chi connectivity index (χ0) is 67.4. The highest BCUT2D eigenvalue weighted by Gasteiger charge is 2.44. The molecule has 26 heteroatoms. The number of carbonyl (C=O) groups is 12. The Bertz CT molecular complexity index is 3340. The zero-order valence-corrected chi connectivity index (χ0v) is 55.7. The highest BCUT2D eigenvalue weighted by molar-refractivity contribution is 7.08. The van der Waals surface area contributed by atoms with Gasteiger partial charge < -0.3 is 51.6 Å². The standard InChI is InChI=1S/C33H43N5O7S.C28H35N5O5S.C4H8O2/c1-19(2)15-22(35-30(43)33(6,7)36-31(44)45-32(3,4)5)28(41)34-23-16-21-9-8-10-24(38-25(39)11-12-26(38)40)27(21)37(29(23)42)17-20-13-14-46-18-20;1-16(2)12-19(31-27(38)28(3,4)29)25(36)30-20-13-18-6-5-7-21(33-22(34)8-9-23(33)35)24(18)32(26(20)37)14-17-10-11-39-15-17;1-3-6-4(2)5/h8-10,13-14,18-19,22-23H,11-12,15-17H2,1-7H3,(H,34,41)(H,35,43)(H,36,44);5-7,10-11,15-16,19-20H,8-9,12-14,29H2,1-4H3,(H,30,36)(H,31,38);3H2,1-2H3/t22-,23?;19-,20?;/m11./s1. The number of para-hydroxylation sites is 2. The highest BCUT2D eigenvalue weighted by Crippen LogP contribution is 2.42. The van der Waals surface area contributed by atoms with E-state index in [9.17, 15) is 57.5 Å². The summed E-state index contributed by atoms with van der Waals surface area (Å²) in [4.78, 5) is 159. The number of esters is 1. The molecule has 7 N–H and O–H groups in total. The Kier molecular flexibility index (Phi) is 24.1. The molecule has 4 aromatic rings. The van der Waals surface area contributed by atoms with Gasteiger partial charge in [-0.25, -0.2) is 14.6 Å². The lowest BCUT2D eigenvalue weighted by molar-refractivity contribution is -0.140. The Labute approximate surface area is 539 Å². The van der Waals surface area contributed by atoms with Crippen molar-refractivity contribution in [1.29, 1.82) is 0 Å². The van der Waals surface area contributed by atoms with E-state index < -0.39 is 76.5 Å². The monoisotopic (exact) mass is 1290 g/mol. The van der Waals surface area contributed by atoms with Gasteiger partial charge in [0.2, 0.25) is 59.1 Å². The van der Waals surface area contributed by atoms with Gasteiger partial charge in [-0.15, -0.1) is 0 Å². The molecule has 0 saturated carbocycles. The molecule has 11 amide bonds. The molecule has 24 nitrogen and oxygen atoms in total. The van der Waals surface area contributed by atoms with Crippen LogP contribution < -0.4 is 51.9 Å². The van der Waals surface area contributed by atoms with Crippen molar-refractivity contribution in [3.8, 4) is 0 Å². The van der Waals surface area contributed by atoms with Gasteiger partial charge in [-0.1, -0.05) is 52.0 Å². The topological polar surface area (TPSA) is 322 Å². The molecule has 2 aromatic carbocycles. The number of nitrogens with one attached hydrogen (secondary N) is 5. The summed E-state index contributed by atoms with van der Waals surface area (Å²) in [6.45, 7) is 23.0. The quantitative estimate of drug-likeness (QED) is 0.0400. The van der Waals surface area contributed by atoms with Crippen LogP contribution in [0.4, 0.5) is 27.5 Å². The molecule has 2 fully saturated rings. The number of carbonyl (C=O) groups excluding carboxylic acids is 12. The third kappa shape index (κ3) is 19.1. The SMILES string of the molecule is CC(C)C[C@@H](NC(=O)C(C)(C)N)C(=O)NC1Cc2cccc(N3C(=O)CCC3=O)c2N(Cc2ccsc2)C1=O.CC(C)C[C@@H](NC(=O)C(C)(C)NC(=O)OC(C)(C)C)C(=O)NC1Cc2cccc(N3C(=O)CCC3=O)c2N(Cc2ccsc2)C1=O.CCOC(C)=O. The summed E-state index contributed by atoms with van der Waals surface area (Å²) in [5, 5.41) is 21.4. The Morgan fingerprint density at radius 3 is 1.32 bits per heavy atom. The molecule has 8 rings (SSSR count). The van der Waals surface area contributed by atoms with Crippen LogP contribution in [0.2, 0.25) is 0 Å². The number of ether oxygens (including phenoxy) is 2. The lowest BCUT2D eigenvalue weighted by Gasteiger charge is -2.37.